The summed E-state index contributed by atoms with van der Waals surface area (Å²) < 4.78 is 6.16. The van der Waals surface area contributed by atoms with Crippen LogP contribution in [0.3, 0.4) is 0 Å². The van der Waals surface area contributed by atoms with Gasteiger partial charge in [0.2, 0.25) is 0 Å². The first-order valence-electron chi connectivity index (χ1n) is 8.79. The summed E-state index contributed by atoms with van der Waals surface area (Å²) in [7, 11) is 0. The van der Waals surface area contributed by atoms with Gasteiger partial charge in [-0.1, -0.05) is 0 Å². The van der Waals surface area contributed by atoms with Crippen LogP contribution in [-0.4, -0.2) is 29.0 Å². The van der Waals surface area contributed by atoms with Crippen molar-refractivity contribution in [2.24, 2.45) is 0 Å². The van der Waals surface area contributed by atoms with Crippen LogP contribution < -0.4 is 0 Å². The Morgan fingerprint density at radius 2 is 0.615 bits per heavy atom. The van der Waals surface area contributed by atoms with Gasteiger partial charge in [-0.3, -0.25) is 0 Å². The van der Waals surface area contributed by atoms with Crippen LogP contribution in [0.2, 0.25) is 0 Å². The summed E-state index contributed by atoms with van der Waals surface area (Å²) in [6.07, 6.45) is 0. The zero-order valence-corrected chi connectivity index (χ0v) is 17.2. The van der Waals surface area contributed by atoms with E-state index in [0.717, 1.165) is 0 Å². The van der Waals surface area contributed by atoms with Gasteiger partial charge in [-0.05, 0) is 0 Å². The molecule has 0 aliphatic heterocycles. The Kier molecular flexibility index (Phi) is 2.59. The molecule has 0 amide bonds. The molecule has 0 bridgehead atoms. The average Bonchev–Trinajstić information content (AvgIpc) is 3.24. The quantitative estimate of drug-likeness (QED) is 0.239. The normalized spacial score (nSPS) is 12.6. The SMILES string of the molecule is c1cc2[se]c3cccc4c5cccc6[se]c7cccc(c(c1)c2c34)c7c65. The molecule has 0 radical (unpaired) electrons. The monoisotopic (exact) mass is 460 g/mol. The minimum absolute atomic E-state index is 0.407. The molecular weight excluding hydrogens is 446 g/mol. The van der Waals surface area contributed by atoms with Gasteiger partial charge in [0.05, 0.1) is 0 Å². The van der Waals surface area contributed by atoms with Crippen LogP contribution in [0.1, 0.15) is 0 Å². The molecule has 0 saturated carbocycles. The van der Waals surface area contributed by atoms with E-state index >= 15 is 0 Å². The van der Waals surface area contributed by atoms with Crippen LogP contribution in [0.4, 0.5) is 0 Å². The van der Waals surface area contributed by atoms with Crippen LogP contribution in [0, 0.1) is 0 Å². The van der Waals surface area contributed by atoms with Crippen molar-refractivity contribution in [3.8, 4) is 0 Å². The van der Waals surface area contributed by atoms with Gasteiger partial charge in [0, 0.05) is 0 Å². The fourth-order valence-corrected chi connectivity index (χ4v) is 9.49. The van der Waals surface area contributed by atoms with Crippen molar-refractivity contribution in [3.63, 3.8) is 0 Å². The third-order valence-corrected chi connectivity index (χ3v) is 10.3. The van der Waals surface area contributed by atoms with Crippen molar-refractivity contribution in [1.29, 1.82) is 0 Å². The topological polar surface area (TPSA) is 0 Å². The molecule has 0 fully saturated rings. The number of fused-ring (bicyclic) bond motifs is 2. The second-order valence-electron chi connectivity index (χ2n) is 6.92. The predicted octanol–water partition coefficient (Wildman–Crippen LogP) is 6.16. The van der Waals surface area contributed by atoms with Crippen molar-refractivity contribution in [1.82, 2.24) is 0 Å². The molecule has 0 nitrogen and oxygen atoms in total. The second-order valence-corrected chi connectivity index (χ2v) is 11.5. The summed E-state index contributed by atoms with van der Waals surface area (Å²) in [5, 5.41) is 11.8. The molecule has 5 aromatic carbocycles. The second kappa shape index (κ2) is 4.80. The molecule has 0 aliphatic carbocycles. The Morgan fingerprint density at radius 1 is 0.346 bits per heavy atom. The van der Waals surface area contributed by atoms with Gasteiger partial charge >= 0.3 is 162 Å². The molecule has 0 spiro atoms. The number of benzene rings is 4. The van der Waals surface area contributed by atoms with E-state index in [1.165, 1.54) is 60.1 Å². The molecular formula is C24H12Se2. The van der Waals surface area contributed by atoms with Crippen LogP contribution in [0.15, 0.2) is 72.8 Å². The van der Waals surface area contributed by atoms with Gasteiger partial charge in [0.1, 0.15) is 0 Å². The average molecular weight is 458 g/mol. The van der Waals surface area contributed by atoms with E-state index in [-0.39, 0.29) is 0 Å². The fourth-order valence-electron chi connectivity index (χ4n) is 4.63. The van der Waals surface area contributed by atoms with Crippen LogP contribution in [0.25, 0.3) is 60.1 Å². The standard InChI is InChI=1S/C24H12Se2/c1-5-13-14-6-2-11-19-22(14)24-16(8-4-12-20(24)26-19)15-7-3-10-18-23(15)21(13)17(9-1)25-18/h1-12H. The maximum absolute atomic E-state index is 2.34. The van der Waals surface area contributed by atoms with Crippen molar-refractivity contribution < 1.29 is 0 Å². The molecule has 2 heteroatoms. The number of hydrogen-bond donors (Lipinski definition) is 0. The van der Waals surface area contributed by atoms with Crippen LogP contribution in [0.5, 0.6) is 0 Å². The zero-order valence-electron chi connectivity index (χ0n) is 13.7. The molecule has 2 heterocycles. The van der Waals surface area contributed by atoms with Crippen molar-refractivity contribution in [3.05, 3.63) is 72.8 Å². The third-order valence-electron chi connectivity index (χ3n) is 5.63. The molecule has 7 rings (SSSR count). The molecule has 120 valence electrons. The molecule has 0 unspecified atom stereocenters. The van der Waals surface area contributed by atoms with E-state index in [2.05, 4.69) is 72.8 Å². The van der Waals surface area contributed by atoms with Crippen LogP contribution >= 0.6 is 0 Å². The maximum atomic E-state index is 2.34. The summed E-state index contributed by atoms with van der Waals surface area (Å²) in [4.78, 5) is 0. The Labute approximate surface area is 161 Å². The van der Waals surface area contributed by atoms with E-state index in [9.17, 15) is 0 Å². The summed E-state index contributed by atoms with van der Waals surface area (Å²) in [6.45, 7) is 0. The Balaban J connectivity index is 2.07. The molecule has 2 aromatic heterocycles. The minimum atomic E-state index is 0.407. The predicted molar refractivity (Wildman–Crippen MR) is 117 cm³/mol. The summed E-state index contributed by atoms with van der Waals surface area (Å²) in [6, 6.07) is 27.8. The van der Waals surface area contributed by atoms with Gasteiger partial charge in [-0.25, -0.2) is 0 Å². The first-order valence-corrected chi connectivity index (χ1v) is 12.2. The van der Waals surface area contributed by atoms with Crippen molar-refractivity contribution in [2.75, 3.05) is 0 Å². The Bertz CT molecular complexity index is 1390. The van der Waals surface area contributed by atoms with Gasteiger partial charge < -0.3 is 0 Å². The summed E-state index contributed by atoms with van der Waals surface area (Å²) in [5.74, 6) is 0. The molecule has 0 saturated heterocycles. The van der Waals surface area contributed by atoms with E-state index in [4.69, 9.17) is 0 Å². The molecule has 0 aliphatic rings. The first-order chi connectivity index (χ1) is 12.9. The van der Waals surface area contributed by atoms with Crippen molar-refractivity contribution >= 4 is 89.1 Å². The number of rotatable bonds is 0. The van der Waals surface area contributed by atoms with Gasteiger partial charge in [-0.15, -0.1) is 0 Å². The zero-order chi connectivity index (χ0) is 16.8. The van der Waals surface area contributed by atoms with Gasteiger partial charge in [-0.2, -0.15) is 0 Å². The molecule has 26 heavy (non-hydrogen) atoms. The molecule has 0 atom stereocenters. The van der Waals surface area contributed by atoms with E-state index in [0.29, 0.717) is 29.0 Å². The molecule has 7 aromatic rings. The van der Waals surface area contributed by atoms with E-state index in [1.807, 2.05) is 0 Å². The number of hydrogen-bond acceptors (Lipinski definition) is 0. The fraction of sp³-hybridized carbons (Fsp3) is 0. The Hall–Kier alpha value is -2.08. The third kappa shape index (κ3) is 1.58. The summed E-state index contributed by atoms with van der Waals surface area (Å²) in [5.41, 5.74) is 0. The van der Waals surface area contributed by atoms with Crippen molar-refractivity contribution in [2.45, 2.75) is 0 Å². The summed E-state index contributed by atoms with van der Waals surface area (Å²) >= 11 is 0.815. The molecule has 0 N–H and O–H groups in total. The van der Waals surface area contributed by atoms with Gasteiger partial charge in [0.25, 0.3) is 0 Å². The first kappa shape index (κ1) is 14.0. The van der Waals surface area contributed by atoms with Gasteiger partial charge in [0.15, 0.2) is 0 Å². The van der Waals surface area contributed by atoms with E-state index < -0.39 is 0 Å². The van der Waals surface area contributed by atoms with Crippen LogP contribution in [-0.2, 0) is 0 Å². The Morgan fingerprint density at radius 3 is 0.885 bits per heavy atom. The van der Waals surface area contributed by atoms with E-state index in [1.54, 1.807) is 0 Å².